The van der Waals surface area contributed by atoms with Crippen LogP contribution in [0.5, 0.6) is 0 Å². The van der Waals surface area contributed by atoms with Gasteiger partial charge in [-0.25, -0.2) is 15.0 Å². The third-order valence-corrected chi connectivity index (χ3v) is 10.8. The minimum absolute atomic E-state index is 0.548. The van der Waals surface area contributed by atoms with E-state index in [0.29, 0.717) is 22.5 Å². The summed E-state index contributed by atoms with van der Waals surface area (Å²) in [7, 11) is 0. The second kappa shape index (κ2) is 11.1. The standard InChI is InChI=1S/C43H25ClN4S/c44-34-24-25-36-37(32-23-22-26-12-7-8-17-29(26)40(32)49-36)38(34)43-46-41(27-13-3-1-4-14-27)45-42(47-43)33-20-11-19-31-30-18-9-10-21-35(30)48(39(31)33)28-15-5-2-6-16-28/h1-25H. The molecule has 6 heteroatoms. The number of hydrogen-bond donors (Lipinski definition) is 0. The molecule has 0 spiro atoms. The molecule has 0 atom stereocenters. The summed E-state index contributed by atoms with van der Waals surface area (Å²) in [5, 5.41) is 7.56. The highest BCUT2D eigenvalue weighted by molar-refractivity contribution is 7.26. The topological polar surface area (TPSA) is 43.6 Å². The summed E-state index contributed by atoms with van der Waals surface area (Å²) in [6, 6.07) is 52.5. The first-order chi connectivity index (χ1) is 24.2. The highest BCUT2D eigenvalue weighted by Crippen LogP contribution is 2.45. The van der Waals surface area contributed by atoms with Crippen molar-refractivity contribution in [2.45, 2.75) is 0 Å². The van der Waals surface area contributed by atoms with Gasteiger partial charge in [-0.1, -0.05) is 127 Å². The summed E-state index contributed by atoms with van der Waals surface area (Å²) in [4.78, 5) is 15.6. The Morgan fingerprint density at radius 1 is 0.510 bits per heavy atom. The minimum Gasteiger partial charge on any atom is -0.309 e. The molecule has 0 aliphatic heterocycles. The van der Waals surface area contributed by atoms with Gasteiger partial charge in [-0.2, -0.15) is 0 Å². The predicted octanol–water partition coefficient (Wildman–Crippen LogP) is 12.1. The number of halogens is 1. The van der Waals surface area contributed by atoms with Crippen LogP contribution in [0.3, 0.4) is 0 Å². The Morgan fingerprint density at radius 3 is 2.06 bits per heavy atom. The number of fused-ring (bicyclic) bond motifs is 8. The van der Waals surface area contributed by atoms with E-state index in [2.05, 4.69) is 114 Å². The molecule has 0 saturated heterocycles. The fourth-order valence-electron chi connectivity index (χ4n) is 7.16. The van der Waals surface area contributed by atoms with Gasteiger partial charge in [-0.05, 0) is 47.2 Å². The lowest BCUT2D eigenvalue weighted by atomic mass is 10.0. The summed E-state index contributed by atoms with van der Waals surface area (Å²) in [5.74, 6) is 1.73. The van der Waals surface area contributed by atoms with Crippen molar-refractivity contribution in [2.75, 3.05) is 0 Å². The van der Waals surface area contributed by atoms with Crippen LogP contribution < -0.4 is 0 Å². The highest BCUT2D eigenvalue weighted by atomic mass is 35.5. The summed E-state index contributed by atoms with van der Waals surface area (Å²) >= 11 is 8.94. The van der Waals surface area contributed by atoms with Gasteiger partial charge in [0.15, 0.2) is 17.5 Å². The monoisotopic (exact) mass is 664 g/mol. The van der Waals surface area contributed by atoms with E-state index in [1.807, 2.05) is 42.5 Å². The SMILES string of the molecule is Clc1ccc2sc3c4ccccc4ccc3c2c1-c1nc(-c2ccccc2)nc(-c2cccc3c4ccccc4n(-c4ccccc4)c23)n1. The van der Waals surface area contributed by atoms with Crippen LogP contribution in [0.2, 0.25) is 5.02 Å². The Hall–Kier alpha value is -5.88. The number of rotatable bonds is 4. The van der Waals surface area contributed by atoms with Gasteiger partial charge in [0, 0.05) is 53.3 Å². The van der Waals surface area contributed by atoms with Gasteiger partial charge < -0.3 is 4.57 Å². The molecule has 0 aliphatic rings. The molecular weight excluding hydrogens is 640 g/mol. The molecule has 3 heterocycles. The molecule has 0 N–H and O–H groups in total. The highest BCUT2D eigenvalue weighted by Gasteiger charge is 2.23. The summed E-state index contributed by atoms with van der Waals surface area (Å²) in [6.07, 6.45) is 0. The Kier molecular flexibility index (Phi) is 6.38. The number of benzene rings is 7. The first-order valence-electron chi connectivity index (χ1n) is 16.2. The van der Waals surface area contributed by atoms with Crippen molar-refractivity contribution in [1.82, 2.24) is 19.5 Å². The normalized spacial score (nSPS) is 11.8. The Labute approximate surface area is 290 Å². The van der Waals surface area contributed by atoms with Crippen LogP contribution in [0, 0.1) is 0 Å². The maximum Gasteiger partial charge on any atom is 0.166 e. The van der Waals surface area contributed by atoms with Crippen molar-refractivity contribution in [3.63, 3.8) is 0 Å². The van der Waals surface area contributed by atoms with E-state index in [4.69, 9.17) is 26.6 Å². The molecule has 49 heavy (non-hydrogen) atoms. The van der Waals surface area contributed by atoms with Gasteiger partial charge in [0.1, 0.15) is 0 Å². The molecule has 0 saturated carbocycles. The Balaban J connectivity index is 1.31. The summed E-state index contributed by atoms with van der Waals surface area (Å²) in [6.45, 7) is 0. The Bertz CT molecular complexity index is 2890. The summed E-state index contributed by atoms with van der Waals surface area (Å²) in [5.41, 5.74) is 5.89. The fraction of sp³-hybridized carbons (Fsp3) is 0. The second-order valence-electron chi connectivity index (χ2n) is 12.1. The molecule has 4 nitrogen and oxygen atoms in total. The van der Waals surface area contributed by atoms with E-state index in [1.165, 1.54) is 20.9 Å². The van der Waals surface area contributed by atoms with Gasteiger partial charge in [0.25, 0.3) is 0 Å². The van der Waals surface area contributed by atoms with Crippen molar-refractivity contribution < 1.29 is 0 Å². The van der Waals surface area contributed by atoms with E-state index in [9.17, 15) is 0 Å². The Morgan fingerprint density at radius 2 is 1.20 bits per heavy atom. The molecule has 3 aromatic heterocycles. The van der Waals surface area contributed by atoms with Crippen LogP contribution in [0.15, 0.2) is 152 Å². The fourth-order valence-corrected chi connectivity index (χ4v) is 8.65. The van der Waals surface area contributed by atoms with E-state index in [0.717, 1.165) is 54.3 Å². The molecule has 0 radical (unpaired) electrons. The number of hydrogen-bond acceptors (Lipinski definition) is 4. The van der Waals surface area contributed by atoms with Gasteiger partial charge >= 0.3 is 0 Å². The lowest BCUT2D eigenvalue weighted by Crippen LogP contribution is -2.02. The second-order valence-corrected chi connectivity index (χ2v) is 13.6. The molecular formula is C43H25ClN4S. The van der Waals surface area contributed by atoms with Crippen LogP contribution in [0.1, 0.15) is 0 Å². The number of nitrogens with zero attached hydrogens (tertiary/aromatic N) is 4. The maximum atomic E-state index is 7.16. The lowest BCUT2D eigenvalue weighted by Gasteiger charge is -2.13. The maximum absolute atomic E-state index is 7.16. The van der Waals surface area contributed by atoms with Crippen molar-refractivity contribution in [2.24, 2.45) is 0 Å². The van der Waals surface area contributed by atoms with Crippen molar-refractivity contribution in [1.29, 1.82) is 0 Å². The van der Waals surface area contributed by atoms with Crippen LogP contribution in [0.25, 0.3) is 92.6 Å². The molecule has 0 fully saturated rings. The quantitative estimate of drug-likeness (QED) is 0.188. The van der Waals surface area contributed by atoms with E-state index >= 15 is 0 Å². The van der Waals surface area contributed by atoms with Gasteiger partial charge in [-0.3, -0.25) is 0 Å². The number of aromatic nitrogens is 4. The van der Waals surface area contributed by atoms with Crippen molar-refractivity contribution in [3.05, 3.63) is 157 Å². The molecule has 0 unspecified atom stereocenters. The average Bonchev–Trinajstić information content (AvgIpc) is 3.72. The van der Waals surface area contributed by atoms with Crippen LogP contribution >= 0.6 is 22.9 Å². The molecule has 230 valence electrons. The summed E-state index contributed by atoms with van der Waals surface area (Å²) < 4.78 is 4.68. The van der Waals surface area contributed by atoms with E-state index in [1.54, 1.807) is 11.3 Å². The van der Waals surface area contributed by atoms with Crippen molar-refractivity contribution >= 4 is 75.7 Å². The van der Waals surface area contributed by atoms with Crippen LogP contribution in [-0.4, -0.2) is 19.5 Å². The first kappa shape index (κ1) is 28.2. The molecule has 10 aromatic rings. The molecule has 7 aromatic carbocycles. The molecule has 0 aliphatic carbocycles. The zero-order chi connectivity index (χ0) is 32.5. The van der Waals surface area contributed by atoms with Gasteiger partial charge in [0.2, 0.25) is 0 Å². The number of para-hydroxylation sites is 3. The molecule has 0 amide bonds. The zero-order valence-electron chi connectivity index (χ0n) is 26.0. The minimum atomic E-state index is 0.548. The van der Waals surface area contributed by atoms with Gasteiger partial charge in [0.05, 0.1) is 16.1 Å². The van der Waals surface area contributed by atoms with Crippen LogP contribution in [0.4, 0.5) is 0 Å². The van der Waals surface area contributed by atoms with E-state index < -0.39 is 0 Å². The predicted molar refractivity (Wildman–Crippen MR) is 206 cm³/mol. The van der Waals surface area contributed by atoms with Gasteiger partial charge in [-0.15, -0.1) is 11.3 Å². The lowest BCUT2D eigenvalue weighted by molar-refractivity contribution is 1.07. The molecule has 0 bridgehead atoms. The third-order valence-electron chi connectivity index (χ3n) is 9.32. The number of thiophene rings is 1. The largest absolute Gasteiger partial charge is 0.309 e. The zero-order valence-corrected chi connectivity index (χ0v) is 27.6. The van der Waals surface area contributed by atoms with Crippen molar-refractivity contribution in [3.8, 4) is 39.9 Å². The molecule has 10 rings (SSSR count). The van der Waals surface area contributed by atoms with Crippen LogP contribution in [-0.2, 0) is 0 Å². The smallest absolute Gasteiger partial charge is 0.166 e. The third kappa shape index (κ3) is 4.40. The first-order valence-corrected chi connectivity index (χ1v) is 17.3. The van der Waals surface area contributed by atoms with E-state index in [-0.39, 0.29) is 0 Å². The average molecular weight is 665 g/mol.